The topological polar surface area (TPSA) is 28.9 Å². The van der Waals surface area contributed by atoms with E-state index in [2.05, 4.69) is 54.2 Å². The third-order valence-electron chi connectivity index (χ3n) is 3.20. The van der Waals surface area contributed by atoms with Crippen LogP contribution in [0.4, 0.5) is 0 Å². The molecule has 1 atom stereocenters. The third kappa shape index (κ3) is 2.84. The Morgan fingerprint density at radius 3 is 2.85 bits per heavy atom. The highest BCUT2D eigenvalue weighted by atomic mass is 32.2. The van der Waals surface area contributed by atoms with Crippen molar-refractivity contribution in [1.29, 1.82) is 0 Å². The molecule has 0 aromatic heterocycles. The largest absolute Gasteiger partial charge is 0.497 e. The Kier molecular flexibility index (Phi) is 3.71. The Balaban J connectivity index is 1.59. The summed E-state index contributed by atoms with van der Waals surface area (Å²) in [7, 11) is 3.79. The van der Waals surface area contributed by atoms with Crippen molar-refractivity contribution >= 4 is 11.8 Å². The molecule has 0 aliphatic carbocycles. The van der Waals surface area contributed by atoms with Crippen LogP contribution in [0.5, 0.6) is 5.75 Å². The first-order chi connectivity index (χ1) is 9.74. The van der Waals surface area contributed by atoms with Crippen LogP contribution in [0, 0.1) is 0 Å². The van der Waals surface area contributed by atoms with Crippen LogP contribution in [0.25, 0.3) is 0 Å². The first kappa shape index (κ1) is 13.1. The molecule has 20 heavy (non-hydrogen) atoms. The molecule has 0 saturated carbocycles. The van der Waals surface area contributed by atoms with E-state index in [1.807, 2.05) is 12.1 Å². The lowest BCUT2D eigenvalue weighted by Crippen LogP contribution is -3.00. The summed E-state index contributed by atoms with van der Waals surface area (Å²) in [5.74, 6) is 2.97. The van der Waals surface area contributed by atoms with Crippen molar-refractivity contribution < 1.29 is 9.64 Å². The highest BCUT2D eigenvalue weighted by Gasteiger charge is 2.21. The van der Waals surface area contributed by atoms with Crippen molar-refractivity contribution in [3.8, 4) is 5.75 Å². The lowest BCUT2D eigenvalue weighted by atomic mass is 10.2. The second kappa shape index (κ2) is 5.64. The van der Waals surface area contributed by atoms with Gasteiger partial charge in [-0.2, -0.15) is 0 Å². The van der Waals surface area contributed by atoms with Crippen LogP contribution in [0.2, 0.25) is 0 Å². The van der Waals surface area contributed by atoms with Gasteiger partial charge in [0.05, 0.1) is 25.4 Å². The van der Waals surface area contributed by atoms with E-state index >= 15 is 0 Å². The summed E-state index contributed by atoms with van der Waals surface area (Å²) < 4.78 is 5.17. The van der Waals surface area contributed by atoms with E-state index in [9.17, 15) is 0 Å². The summed E-state index contributed by atoms with van der Waals surface area (Å²) in [6, 6.07) is 8.20. The molecule has 0 fully saturated rings. The molecule has 0 spiro atoms. The number of nitrogens with one attached hydrogen (secondary N) is 2. The first-order valence-electron chi connectivity index (χ1n) is 6.51. The van der Waals surface area contributed by atoms with E-state index in [1.165, 1.54) is 15.5 Å². The molecule has 1 aromatic carbocycles. The maximum Gasteiger partial charge on any atom is 0.170 e. The molecule has 0 saturated heterocycles. The van der Waals surface area contributed by atoms with Gasteiger partial charge >= 0.3 is 0 Å². The van der Waals surface area contributed by atoms with Crippen LogP contribution in [-0.4, -0.2) is 19.1 Å². The summed E-state index contributed by atoms with van der Waals surface area (Å²) in [6.07, 6.45) is 8.47. The summed E-state index contributed by atoms with van der Waals surface area (Å²) in [6.45, 7) is 0. The molecular formula is C15H18N3OS+. The van der Waals surface area contributed by atoms with Crippen molar-refractivity contribution in [2.24, 2.45) is 0 Å². The van der Waals surface area contributed by atoms with Crippen LogP contribution >= 0.6 is 11.8 Å². The van der Waals surface area contributed by atoms with Gasteiger partial charge in [-0.05, 0) is 17.7 Å². The predicted octanol–water partition coefficient (Wildman–Crippen LogP) is 1.43. The number of ether oxygens (including phenoxy) is 1. The van der Waals surface area contributed by atoms with Gasteiger partial charge in [0.25, 0.3) is 0 Å². The molecule has 2 N–H and O–H groups in total. The average Bonchev–Trinajstić information content (AvgIpc) is 2.87. The molecule has 1 aromatic rings. The number of quaternary nitrogens is 1. The lowest BCUT2D eigenvalue weighted by molar-refractivity contribution is -0.768. The van der Waals surface area contributed by atoms with Crippen LogP contribution in [-0.2, 0) is 5.75 Å². The van der Waals surface area contributed by atoms with Crippen molar-refractivity contribution in [2.75, 3.05) is 14.2 Å². The van der Waals surface area contributed by atoms with Crippen molar-refractivity contribution in [1.82, 2.24) is 10.2 Å². The minimum absolute atomic E-state index is 0.899. The van der Waals surface area contributed by atoms with Crippen LogP contribution < -0.4 is 15.0 Å². The fourth-order valence-electron chi connectivity index (χ4n) is 2.07. The number of rotatable bonds is 4. The van der Waals surface area contributed by atoms with Gasteiger partial charge in [-0.3, -0.25) is 9.80 Å². The Morgan fingerprint density at radius 2 is 2.10 bits per heavy atom. The van der Waals surface area contributed by atoms with Crippen LogP contribution in [0.3, 0.4) is 0 Å². The monoisotopic (exact) mass is 288 g/mol. The van der Waals surface area contributed by atoms with Gasteiger partial charge in [0.2, 0.25) is 0 Å². The second-order valence-electron chi connectivity index (χ2n) is 4.75. The number of thioether (sulfide) groups is 1. The van der Waals surface area contributed by atoms with Crippen molar-refractivity contribution in [2.45, 2.75) is 5.75 Å². The minimum atomic E-state index is 0.899. The summed E-state index contributed by atoms with van der Waals surface area (Å²) in [5, 5.41) is 4.60. The molecule has 0 radical (unpaired) electrons. The Hall–Kier alpha value is -1.85. The SMILES string of the molecule is COc1ccc(CSC2=CN3C=C[NH+](C)C=C3N2)cc1. The normalized spacial score (nSPS) is 20.1. The lowest BCUT2D eigenvalue weighted by Gasteiger charge is -2.17. The summed E-state index contributed by atoms with van der Waals surface area (Å²) in [4.78, 5) is 3.38. The summed E-state index contributed by atoms with van der Waals surface area (Å²) >= 11 is 1.80. The zero-order valence-electron chi connectivity index (χ0n) is 11.6. The molecule has 2 aliphatic rings. The number of hydrogen-bond donors (Lipinski definition) is 2. The number of methoxy groups -OCH3 is 1. The standard InChI is InChI=1S/C15H17N3OS/c1-17-7-8-18-10-15(16-14(18)9-17)20-11-12-3-5-13(19-2)6-4-12/h3-10,16H,11H2,1-2H3/p+1. The van der Waals surface area contributed by atoms with E-state index in [0.29, 0.717) is 0 Å². The molecule has 104 valence electrons. The average molecular weight is 288 g/mol. The predicted molar refractivity (Wildman–Crippen MR) is 81.5 cm³/mol. The Labute approximate surface area is 123 Å². The smallest absolute Gasteiger partial charge is 0.170 e. The number of fused-ring (bicyclic) bond motifs is 1. The molecule has 0 amide bonds. The summed E-state index contributed by atoms with van der Waals surface area (Å²) in [5.41, 5.74) is 1.29. The maximum atomic E-state index is 5.17. The van der Waals surface area contributed by atoms with Crippen molar-refractivity contribution in [3.63, 3.8) is 0 Å². The molecule has 3 rings (SSSR count). The van der Waals surface area contributed by atoms with Gasteiger partial charge in [0.15, 0.2) is 5.82 Å². The van der Waals surface area contributed by atoms with Gasteiger partial charge in [-0.15, -0.1) is 11.8 Å². The fourth-order valence-corrected chi connectivity index (χ4v) is 2.95. The molecule has 5 heteroatoms. The molecule has 2 aliphatic heterocycles. The van der Waals surface area contributed by atoms with E-state index in [1.54, 1.807) is 18.9 Å². The van der Waals surface area contributed by atoms with Gasteiger partial charge in [-0.25, -0.2) is 0 Å². The van der Waals surface area contributed by atoms with Gasteiger partial charge < -0.3 is 10.1 Å². The van der Waals surface area contributed by atoms with E-state index in [-0.39, 0.29) is 0 Å². The van der Waals surface area contributed by atoms with Gasteiger partial charge in [-0.1, -0.05) is 12.1 Å². The molecule has 0 bridgehead atoms. The molecule has 2 heterocycles. The van der Waals surface area contributed by atoms with Crippen molar-refractivity contribution in [3.05, 3.63) is 65.5 Å². The minimum Gasteiger partial charge on any atom is -0.497 e. The molecule has 1 unspecified atom stereocenters. The highest BCUT2D eigenvalue weighted by molar-refractivity contribution is 8.02. The van der Waals surface area contributed by atoms with Gasteiger partial charge in [0.1, 0.15) is 18.1 Å². The number of nitrogens with zero attached hydrogens (tertiary/aromatic N) is 1. The van der Waals surface area contributed by atoms with Crippen LogP contribution in [0.1, 0.15) is 5.56 Å². The third-order valence-corrected chi connectivity index (χ3v) is 4.20. The second-order valence-corrected chi connectivity index (χ2v) is 5.77. The number of hydrogen-bond acceptors (Lipinski definition) is 4. The van der Waals surface area contributed by atoms with E-state index < -0.39 is 0 Å². The van der Waals surface area contributed by atoms with Gasteiger partial charge in [0, 0.05) is 12.0 Å². The Morgan fingerprint density at radius 1 is 1.30 bits per heavy atom. The van der Waals surface area contributed by atoms with E-state index in [4.69, 9.17) is 4.74 Å². The molecule has 4 nitrogen and oxygen atoms in total. The Bertz CT molecular complexity index is 577. The fraction of sp³-hybridized carbons (Fsp3) is 0.200. The highest BCUT2D eigenvalue weighted by Crippen LogP contribution is 2.27. The first-order valence-corrected chi connectivity index (χ1v) is 7.49. The zero-order chi connectivity index (χ0) is 13.9. The zero-order valence-corrected chi connectivity index (χ0v) is 12.4. The quantitative estimate of drug-likeness (QED) is 0.877. The van der Waals surface area contributed by atoms with E-state index in [0.717, 1.165) is 17.3 Å². The van der Waals surface area contributed by atoms with Crippen LogP contribution in [0.15, 0.2) is 59.9 Å². The molecular weight excluding hydrogens is 270 g/mol. The number of benzene rings is 1. The maximum absolute atomic E-state index is 5.17.